The lowest BCUT2D eigenvalue weighted by Gasteiger charge is -1.95. The summed E-state index contributed by atoms with van der Waals surface area (Å²) in [6.07, 6.45) is 3.02. The zero-order valence-corrected chi connectivity index (χ0v) is 9.61. The van der Waals surface area contributed by atoms with Gasteiger partial charge in [0.2, 0.25) is 5.82 Å². The van der Waals surface area contributed by atoms with Gasteiger partial charge in [0, 0.05) is 5.56 Å². The Labute approximate surface area is 107 Å². The number of nitrogens with zero attached hydrogens (tertiary/aromatic N) is 2. The third-order valence-electron chi connectivity index (χ3n) is 2.58. The molecule has 0 unspecified atom stereocenters. The smallest absolute Gasteiger partial charge is 0.335 e. The number of aromatic nitrogens is 2. The molecule has 0 spiro atoms. The number of benzene rings is 1. The first-order chi connectivity index (χ1) is 9.24. The van der Waals surface area contributed by atoms with E-state index in [-0.39, 0.29) is 5.56 Å². The Bertz CT molecular complexity index is 699. The molecule has 0 saturated heterocycles. The molecule has 1 aromatic carbocycles. The van der Waals surface area contributed by atoms with Gasteiger partial charge in [-0.3, -0.25) is 0 Å². The van der Waals surface area contributed by atoms with Gasteiger partial charge in [-0.2, -0.15) is 4.98 Å². The van der Waals surface area contributed by atoms with Crippen molar-refractivity contribution in [3.63, 3.8) is 0 Å². The van der Waals surface area contributed by atoms with Crippen LogP contribution in [0.15, 0.2) is 51.8 Å². The fourth-order valence-corrected chi connectivity index (χ4v) is 1.61. The molecule has 0 fully saturated rings. The van der Waals surface area contributed by atoms with Gasteiger partial charge in [0.25, 0.3) is 5.89 Å². The highest BCUT2D eigenvalue weighted by molar-refractivity contribution is 5.88. The molecule has 0 aliphatic heterocycles. The molecule has 6 nitrogen and oxygen atoms in total. The van der Waals surface area contributed by atoms with Crippen LogP contribution in [0, 0.1) is 0 Å². The molecule has 2 aromatic heterocycles. The van der Waals surface area contributed by atoms with E-state index in [1.165, 1.54) is 24.7 Å². The minimum atomic E-state index is -0.973. The standard InChI is InChI=1S/C13H8N2O4/c16-13(17)9-3-1-8(2-4-9)11-14-12(19-15-11)10-5-6-18-7-10/h1-7H,(H,16,17). The maximum absolute atomic E-state index is 10.7. The minimum Gasteiger partial charge on any atom is -0.478 e. The summed E-state index contributed by atoms with van der Waals surface area (Å²) in [5, 5.41) is 12.7. The molecule has 94 valence electrons. The SMILES string of the molecule is O=C(O)c1ccc(-c2noc(-c3ccoc3)n2)cc1. The summed E-state index contributed by atoms with van der Waals surface area (Å²) in [6, 6.07) is 7.96. The monoisotopic (exact) mass is 256 g/mol. The molecule has 3 rings (SSSR count). The Morgan fingerprint density at radius 2 is 1.89 bits per heavy atom. The van der Waals surface area contributed by atoms with Crippen molar-refractivity contribution in [2.45, 2.75) is 0 Å². The Hall–Kier alpha value is -2.89. The molecule has 0 saturated carbocycles. The zero-order chi connectivity index (χ0) is 13.2. The van der Waals surface area contributed by atoms with Gasteiger partial charge in [0.15, 0.2) is 0 Å². The first-order valence-electron chi connectivity index (χ1n) is 5.44. The Balaban J connectivity index is 1.92. The van der Waals surface area contributed by atoms with Crippen molar-refractivity contribution in [3.05, 3.63) is 48.4 Å². The molecule has 6 heteroatoms. The van der Waals surface area contributed by atoms with Crippen LogP contribution in [-0.2, 0) is 0 Å². The number of aromatic carboxylic acids is 1. The number of carbonyl (C=O) groups is 1. The topological polar surface area (TPSA) is 89.4 Å². The van der Waals surface area contributed by atoms with E-state index in [1.807, 2.05) is 0 Å². The number of hydrogen-bond donors (Lipinski definition) is 1. The van der Waals surface area contributed by atoms with Gasteiger partial charge in [-0.25, -0.2) is 4.79 Å². The van der Waals surface area contributed by atoms with E-state index in [9.17, 15) is 4.79 Å². The number of rotatable bonds is 3. The van der Waals surface area contributed by atoms with E-state index in [0.29, 0.717) is 22.8 Å². The van der Waals surface area contributed by atoms with Crippen LogP contribution in [0.4, 0.5) is 0 Å². The second-order valence-electron chi connectivity index (χ2n) is 3.82. The summed E-state index contributed by atoms with van der Waals surface area (Å²) in [5.41, 5.74) is 1.59. The fourth-order valence-electron chi connectivity index (χ4n) is 1.61. The molecule has 0 bridgehead atoms. The molecule has 2 heterocycles. The maximum Gasteiger partial charge on any atom is 0.335 e. The summed E-state index contributed by atoms with van der Waals surface area (Å²) in [7, 11) is 0. The summed E-state index contributed by atoms with van der Waals surface area (Å²) >= 11 is 0. The van der Waals surface area contributed by atoms with E-state index >= 15 is 0 Å². The van der Waals surface area contributed by atoms with Crippen molar-refractivity contribution >= 4 is 5.97 Å². The van der Waals surface area contributed by atoms with Gasteiger partial charge in [0.1, 0.15) is 6.26 Å². The summed E-state index contributed by atoms with van der Waals surface area (Å²) in [6.45, 7) is 0. The second-order valence-corrected chi connectivity index (χ2v) is 3.82. The molecule has 1 N–H and O–H groups in total. The van der Waals surface area contributed by atoms with Gasteiger partial charge in [-0.05, 0) is 18.2 Å². The largest absolute Gasteiger partial charge is 0.478 e. The van der Waals surface area contributed by atoms with Gasteiger partial charge in [-0.1, -0.05) is 17.3 Å². The molecule has 0 amide bonds. The van der Waals surface area contributed by atoms with Crippen LogP contribution in [0.3, 0.4) is 0 Å². The highest BCUT2D eigenvalue weighted by Crippen LogP contribution is 2.22. The van der Waals surface area contributed by atoms with Crippen LogP contribution in [0.2, 0.25) is 0 Å². The number of hydrogen-bond acceptors (Lipinski definition) is 5. The molecule has 0 atom stereocenters. The molecular formula is C13H8N2O4. The van der Waals surface area contributed by atoms with E-state index in [4.69, 9.17) is 14.0 Å². The van der Waals surface area contributed by atoms with Gasteiger partial charge >= 0.3 is 5.97 Å². The van der Waals surface area contributed by atoms with Gasteiger partial charge in [-0.15, -0.1) is 0 Å². The first kappa shape index (κ1) is 11.2. The Morgan fingerprint density at radius 3 is 2.53 bits per heavy atom. The van der Waals surface area contributed by atoms with Crippen LogP contribution in [0.1, 0.15) is 10.4 Å². The number of carboxylic acid groups (broad SMARTS) is 1. The molecule has 3 aromatic rings. The molecule has 0 aliphatic carbocycles. The highest BCUT2D eigenvalue weighted by atomic mass is 16.5. The second kappa shape index (κ2) is 4.41. The molecular weight excluding hydrogens is 248 g/mol. The summed E-state index contributed by atoms with van der Waals surface area (Å²) in [4.78, 5) is 15.0. The van der Waals surface area contributed by atoms with Crippen LogP contribution >= 0.6 is 0 Å². The Morgan fingerprint density at radius 1 is 1.11 bits per heavy atom. The summed E-state index contributed by atoms with van der Waals surface area (Å²) < 4.78 is 10.0. The number of carboxylic acids is 1. The lowest BCUT2D eigenvalue weighted by Crippen LogP contribution is -1.95. The van der Waals surface area contributed by atoms with E-state index < -0.39 is 5.97 Å². The van der Waals surface area contributed by atoms with E-state index in [0.717, 1.165) is 0 Å². The van der Waals surface area contributed by atoms with Crippen LogP contribution in [0.5, 0.6) is 0 Å². The van der Waals surface area contributed by atoms with Crippen molar-refractivity contribution in [1.82, 2.24) is 10.1 Å². The molecule has 19 heavy (non-hydrogen) atoms. The normalized spacial score (nSPS) is 10.5. The highest BCUT2D eigenvalue weighted by Gasteiger charge is 2.12. The van der Waals surface area contributed by atoms with Crippen molar-refractivity contribution in [2.75, 3.05) is 0 Å². The minimum absolute atomic E-state index is 0.210. The summed E-state index contributed by atoms with van der Waals surface area (Å²) in [5.74, 6) is -0.224. The van der Waals surface area contributed by atoms with Crippen LogP contribution in [0.25, 0.3) is 22.8 Å². The van der Waals surface area contributed by atoms with Gasteiger partial charge < -0.3 is 14.0 Å². The Kier molecular flexibility index (Phi) is 2.60. The lowest BCUT2D eigenvalue weighted by molar-refractivity contribution is 0.0697. The predicted octanol–water partition coefficient (Wildman–Crippen LogP) is 2.69. The van der Waals surface area contributed by atoms with E-state index in [2.05, 4.69) is 10.1 Å². The van der Waals surface area contributed by atoms with Crippen LogP contribution in [-0.4, -0.2) is 21.2 Å². The van der Waals surface area contributed by atoms with Crippen LogP contribution < -0.4 is 0 Å². The van der Waals surface area contributed by atoms with Gasteiger partial charge in [0.05, 0.1) is 17.4 Å². The molecule has 0 aliphatic rings. The van der Waals surface area contributed by atoms with Crippen molar-refractivity contribution in [2.24, 2.45) is 0 Å². The third kappa shape index (κ3) is 2.11. The van der Waals surface area contributed by atoms with Crippen molar-refractivity contribution < 1.29 is 18.8 Å². The average Bonchev–Trinajstić information content (AvgIpc) is 3.10. The predicted molar refractivity (Wildman–Crippen MR) is 64.4 cm³/mol. The van der Waals surface area contributed by atoms with E-state index in [1.54, 1.807) is 18.2 Å². The third-order valence-corrected chi connectivity index (χ3v) is 2.58. The zero-order valence-electron chi connectivity index (χ0n) is 9.61. The average molecular weight is 256 g/mol. The quantitative estimate of drug-likeness (QED) is 0.774. The lowest BCUT2D eigenvalue weighted by atomic mass is 10.1. The fraction of sp³-hybridized carbons (Fsp3) is 0. The van der Waals surface area contributed by atoms with Crippen molar-refractivity contribution in [3.8, 4) is 22.8 Å². The molecule has 0 radical (unpaired) electrons. The first-order valence-corrected chi connectivity index (χ1v) is 5.44. The maximum atomic E-state index is 10.7. The number of furan rings is 1. The van der Waals surface area contributed by atoms with Crippen molar-refractivity contribution in [1.29, 1.82) is 0 Å².